The smallest absolute Gasteiger partial charge is 0.222 e. The molecule has 0 saturated carbocycles. The number of methoxy groups -OCH3 is 2. The summed E-state index contributed by atoms with van der Waals surface area (Å²) in [6.45, 7) is 7.33. The van der Waals surface area contributed by atoms with Crippen molar-refractivity contribution >= 4 is 5.91 Å². The first-order chi connectivity index (χ1) is 8.96. The number of carbonyl (C=O) groups excluding carboxylic acids is 1. The largest absolute Gasteiger partial charge is 0.383 e. The van der Waals surface area contributed by atoms with Crippen LogP contribution in [-0.4, -0.2) is 57.9 Å². The Morgan fingerprint density at radius 2 is 1.63 bits per heavy atom. The highest BCUT2D eigenvalue weighted by molar-refractivity contribution is 5.76. The molecule has 0 rings (SSSR count). The maximum atomic E-state index is 12.2. The Labute approximate surface area is 117 Å². The Morgan fingerprint density at radius 1 is 1.11 bits per heavy atom. The van der Waals surface area contributed by atoms with Gasteiger partial charge in [-0.2, -0.15) is 0 Å². The minimum Gasteiger partial charge on any atom is -0.383 e. The standard InChI is InChI=1S/C14H30N2O3/c1-14(2,7-8-15)6-5-13(17)16(9-11-18-3)10-12-19-4/h5-12,15H2,1-4H3. The van der Waals surface area contributed by atoms with Crippen LogP contribution in [0.3, 0.4) is 0 Å². The van der Waals surface area contributed by atoms with E-state index in [0.717, 1.165) is 12.8 Å². The lowest BCUT2D eigenvalue weighted by Gasteiger charge is -2.26. The molecule has 5 nitrogen and oxygen atoms in total. The van der Waals surface area contributed by atoms with E-state index in [1.165, 1.54) is 0 Å². The SMILES string of the molecule is COCCN(CCOC)C(=O)CCC(C)(C)CCN. The fourth-order valence-electron chi connectivity index (χ4n) is 1.88. The van der Waals surface area contributed by atoms with Crippen molar-refractivity contribution in [3.05, 3.63) is 0 Å². The fourth-order valence-corrected chi connectivity index (χ4v) is 1.88. The van der Waals surface area contributed by atoms with Crippen LogP contribution in [0.2, 0.25) is 0 Å². The zero-order valence-electron chi connectivity index (χ0n) is 12.9. The van der Waals surface area contributed by atoms with E-state index in [9.17, 15) is 4.79 Å². The number of nitrogens with two attached hydrogens (primary N) is 1. The van der Waals surface area contributed by atoms with Gasteiger partial charge in [0.2, 0.25) is 5.91 Å². The lowest BCUT2D eigenvalue weighted by Crippen LogP contribution is -2.37. The van der Waals surface area contributed by atoms with Crippen molar-refractivity contribution in [2.24, 2.45) is 11.1 Å². The maximum absolute atomic E-state index is 12.2. The summed E-state index contributed by atoms with van der Waals surface area (Å²) in [4.78, 5) is 14.0. The highest BCUT2D eigenvalue weighted by Gasteiger charge is 2.20. The van der Waals surface area contributed by atoms with Gasteiger partial charge in [-0.15, -0.1) is 0 Å². The lowest BCUT2D eigenvalue weighted by molar-refractivity contribution is -0.133. The molecule has 0 aromatic heterocycles. The number of ether oxygens (including phenoxy) is 2. The summed E-state index contributed by atoms with van der Waals surface area (Å²) in [7, 11) is 3.28. The summed E-state index contributed by atoms with van der Waals surface area (Å²) in [5.41, 5.74) is 5.71. The molecule has 0 fully saturated rings. The maximum Gasteiger partial charge on any atom is 0.222 e. The van der Waals surface area contributed by atoms with Crippen molar-refractivity contribution in [1.29, 1.82) is 0 Å². The van der Waals surface area contributed by atoms with Crippen LogP contribution in [0, 0.1) is 5.41 Å². The molecule has 0 spiro atoms. The minimum atomic E-state index is 0.124. The normalized spacial score (nSPS) is 11.6. The van der Waals surface area contributed by atoms with Crippen molar-refractivity contribution in [2.45, 2.75) is 33.1 Å². The van der Waals surface area contributed by atoms with Crippen LogP contribution in [0.4, 0.5) is 0 Å². The van der Waals surface area contributed by atoms with E-state index in [4.69, 9.17) is 15.2 Å². The zero-order valence-corrected chi connectivity index (χ0v) is 12.9. The summed E-state index contributed by atoms with van der Waals surface area (Å²) < 4.78 is 10.1. The summed E-state index contributed by atoms with van der Waals surface area (Å²) in [6.07, 6.45) is 2.36. The third kappa shape index (κ3) is 8.97. The first kappa shape index (κ1) is 18.4. The number of nitrogens with zero attached hydrogens (tertiary/aromatic N) is 1. The van der Waals surface area contributed by atoms with E-state index < -0.39 is 0 Å². The summed E-state index contributed by atoms with van der Waals surface area (Å²) >= 11 is 0. The van der Waals surface area contributed by atoms with Crippen LogP contribution in [0.1, 0.15) is 33.1 Å². The average molecular weight is 274 g/mol. The second-order valence-electron chi connectivity index (χ2n) is 5.57. The number of hydrogen-bond donors (Lipinski definition) is 1. The first-order valence-electron chi connectivity index (χ1n) is 6.92. The van der Waals surface area contributed by atoms with E-state index in [-0.39, 0.29) is 11.3 Å². The van der Waals surface area contributed by atoms with Gasteiger partial charge in [-0.1, -0.05) is 13.8 Å². The van der Waals surface area contributed by atoms with Crippen molar-refractivity contribution in [2.75, 3.05) is 47.1 Å². The predicted molar refractivity (Wildman–Crippen MR) is 77.0 cm³/mol. The molecule has 0 heterocycles. The van der Waals surface area contributed by atoms with Gasteiger partial charge in [-0.05, 0) is 24.8 Å². The molecule has 0 radical (unpaired) electrons. The van der Waals surface area contributed by atoms with E-state index in [1.54, 1.807) is 14.2 Å². The molecule has 0 unspecified atom stereocenters. The summed E-state index contributed by atoms with van der Waals surface area (Å²) in [6, 6.07) is 0. The Morgan fingerprint density at radius 3 is 2.05 bits per heavy atom. The predicted octanol–water partition coefficient (Wildman–Crippen LogP) is 1.26. The molecule has 0 aromatic carbocycles. The quantitative estimate of drug-likeness (QED) is 0.616. The molecule has 0 bridgehead atoms. The van der Waals surface area contributed by atoms with Crippen LogP contribution < -0.4 is 5.73 Å². The highest BCUT2D eigenvalue weighted by Crippen LogP contribution is 2.26. The van der Waals surface area contributed by atoms with Gasteiger partial charge >= 0.3 is 0 Å². The zero-order chi connectivity index (χ0) is 14.7. The molecule has 0 aromatic rings. The van der Waals surface area contributed by atoms with E-state index in [2.05, 4.69) is 13.8 Å². The first-order valence-corrected chi connectivity index (χ1v) is 6.92. The Kier molecular flexibility index (Phi) is 9.83. The van der Waals surface area contributed by atoms with Crippen molar-refractivity contribution in [3.63, 3.8) is 0 Å². The van der Waals surface area contributed by atoms with Gasteiger partial charge in [0.15, 0.2) is 0 Å². The fraction of sp³-hybridized carbons (Fsp3) is 0.929. The molecule has 0 aliphatic rings. The van der Waals surface area contributed by atoms with Crippen LogP contribution in [-0.2, 0) is 14.3 Å². The minimum absolute atomic E-state index is 0.124. The van der Waals surface area contributed by atoms with Gasteiger partial charge in [-0.3, -0.25) is 4.79 Å². The summed E-state index contributed by atoms with van der Waals surface area (Å²) in [5.74, 6) is 0.166. The molecule has 1 amide bonds. The van der Waals surface area contributed by atoms with Gasteiger partial charge in [0, 0.05) is 33.7 Å². The monoisotopic (exact) mass is 274 g/mol. The molecule has 0 aliphatic heterocycles. The number of carbonyl (C=O) groups is 1. The van der Waals surface area contributed by atoms with E-state index in [0.29, 0.717) is 39.3 Å². The van der Waals surface area contributed by atoms with Gasteiger partial charge in [0.05, 0.1) is 13.2 Å². The van der Waals surface area contributed by atoms with Gasteiger partial charge in [0.25, 0.3) is 0 Å². The van der Waals surface area contributed by atoms with Crippen molar-refractivity contribution in [1.82, 2.24) is 4.90 Å². The topological polar surface area (TPSA) is 64.8 Å². The molecular formula is C14H30N2O3. The van der Waals surface area contributed by atoms with Gasteiger partial charge in [0.1, 0.15) is 0 Å². The molecule has 0 saturated heterocycles. The van der Waals surface area contributed by atoms with Gasteiger partial charge in [-0.25, -0.2) is 0 Å². The number of hydrogen-bond acceptors (Lipinski definition) is 4. The number of rotatable bonds is 11. The second-order valence-corrected chi connectivity index (χ2v) is 5.57. The van der Waals surface area contributed by atoms with Crippen LogP contribution in [0.25, 0.3) is 0 Å². The van der Waals surface area contributed by atoms with E-state index >= 15 is 0 Å². The Balaban J connectivity index is 4.21. The Hall–Kier alpha value is -0.650. The third-order valence-electron chi connectivity index (χ3n) is 3.32. The molecular weight excluding hydrogens is 244 g/mol. The van der Waals surface area contributed by atoms with E-state index in [1.807, 2.05) is 4.90 Å². The summed E-state index contributed by atoms with van der Waals surface area (Å²) in [5, 5.41) is 0. The highest BCUT2D eigenvalue weighted by atomic mass is 16.5. The van der Waals surface area contributed by atoms with Crippen LogP contribution in [0.15, 0.2) is 0 Å². The second kappa shape index (κ2) is 10.2. The van der Waals surface area contributed by atoms with Crippen LogP contribution in [0.5, 0.6) is 0 Å². The molecule has 19 heavy (non-hydrogen) atoms. The van der Waals surface area contributed by atoms with Crippen molar-refractivity contribution < 1.29 is 14.3 Å². The molecule has 2 N–H and O–H groups in total. The van der Waals surface area contributed by atoms with Crippen molar-refractivity contribution in [3.8, 4) is 0 Å². The lowest BCUT2D eigenvalue weighted by atomic mass is 9.84. The third-order valence-corrected chi connectivity index (χ3v) is 3.32. The molecule has 0 aliphatic carbocycles. The van der Waals surface area contributed by atoms with Gasteiger partial charge < -0.3 is 20.1 Å². The molecule has 0 atom stereocenters. The average Bonchev–Trinajstić information content (AvgIpc) is 2.36. The van der Waals surface area contributed by atoms with Crippen LogP contribution >= 0.6 is 0 Å². The molecule has 114 valence electrons. The molecule has 5 heteroatoms. The Bertz CT molecular complexity index is 237. The number of amides is 1.